The van der Waals surface area contributed by atoms with Crippen LogP contribution in [-0.2, 0) is 9.59 Å². The van der Waals surface area contributed by atoms with Gasteiger partial charge in [-0.15, -0.1) is 0 Å². The number of aliphatic carboxylic acids is 1. The number of anilines is 1. The van der Waals surface area contributed by atoms with Gasteiger partial charge in [-0.05, 0) is 12.1 Å². The lowest BCUT2D eigenvalue weighted by Crippen LogP contribution is -2.47. The van der Waals surface area contributed by atoms with E-state index in [2.05, 4.69) is 0 Å². The highest BCUT2D eigenvalue weighted by atomic mass is 16.5. The van der Waals surface area contributed by atoms with Crippen molar-refractivity contribution < 1.29 is 24.2 Å². The standard InChI is InChI=1S/C13H17N3O5/c1-15(9-4-3-5-10(6-9)21-2)13(20)16(7-11(14)17)8-12(18)19/h3-6H,7-8H2,1-2H3,(H2,14,17)(H,18,19). The Balaban J connectivity index is 2.95. The number of hydrogen-bond acceptors (Lipinski definition) is 4. The Morgan fingerprint density at radius 1 is 1.29 bits per heavy atom. The molecule has 0 bridgehead atoms. The molecule has 0 saturated carbocycles. The van der Waals surface area contributed by atoms with Crippen molar-refractivity contribution >= 4 is 23.6 Å². The largest absolute Gasteiger partial charge is 0.497 e. The molecule has 0 aromatic heterocycles. The van der Waals surface area contributed by atoms with E-state index in [1.54, 1.807) is 24.3 Å². The van der Waals surface area contributed by atoms with Gasteiger partial charge in [-0.2, -0.15) is 0 Å². The van der Waals surface area contributed by atoms with Crippen LogP contribution in [0, 0.1) is 0 Å². The average Bonchev–Trinajstić information content (AvgIpc) is 2.44. The smallest absolute Gasteiger partial charge is 0.325 e. The molecule has 3 amide bonds. The molecule has 1 rings (SSSR count). The van der Waals surface area contributed by atoms with E-state index in [0.717, 1.165) is 4.90 Å². The van der Waals surface area contributed by atoms with Crippen LogP contribution in [0.1, 0.15) is 0 Å². The van der Waals surface area contributed by atoms with Crippen molar-refractivity contribution in [2.45, 2.75) is 0 Å². The van der Waals surface area contributed by atoms with Crippen LogP contribution in [0.25, 0.3) is 0 Å². The van der Waals surface area contributed by atoms with Crippen molar-refractivity contribution in [1.82, 2.24) is 4.90 Å². The van der Waals surface area contributed by atoms with Gasteiger partial charge >= 0.3 is 12.0 Å². The number of carbonyl (C=O) groups is 3. The Hall–Kier alpha value is -2.77. The number of primary amides is 1. The molecule has 1 aromatic rings. The molecule has 0 unspecified atom stereocenters. The number of benzene rings is 1. The number of amides is 3. The monoisotopic (exact) mass is 295 g/mol. The van der Waals surface area contributed by atoms with Crippen molar-refractivity contribution in [2.24, 2.45) is 5.73 Å². The van der Waals surface area contributed by atoms with Crippen LogP contribution in [0.15, 0.2) is 24.3 Å². The van der Waals surface area contributed by atoms with Gasteiger partial charge in [0.15, 0.2) is 0 Å². The van der Waals surface area contributed by atoms with Crippen molar-refractivity contribution in [1.29, 1.82) is 0 Å². The number of nitrogens with two attached hydrogens (primary N) is 1. The summed E-state index contributed by atoms with van der Waals surface area (Å²) in [6.07, 6.45) is 0. The summed E-state index contributed by atoms with van der Waals surface area (Å²) >= 11 is 0. The van der Waals surface area contributed by atoms with Crippen molar-refractivity contribution in [3.8, 4) is 5.75 Å². The third kappa shape index (κ3) is 4.68. The lowest BCUT2D eigenvalue weighted by Gasteiger charge is -2.26. The first-order chi connectivity index (χ1) is 9.85. The maximum atomic E-state index is 12.3. The van der Waals surface area contributed by atoms with Gasteiger partial charge in [-0.3, -0.25) is 14.5 Å². The van der Waals surface area contributed by atoms with E-state index in [1.165, 1.54) is 19.1 Å². The predicted octanol–water partition coefficient (Wildman–Crippen LogP) is 0.123. The first-order valence-electron chi connectivity index (χ1n) is 6.02. The van der Waals surface area contributed by atoms with Crippen LogP contribution in [0.4, 0.5) is 10.5 Å². The van der Waals surface area contributed by atoms with Crippen molar-refractivity contribution in [3.63, 3.8) is 0 Å². The minimum Gasteiger partial charge on any atom is -0.497 e. The maximum absolute atomic E-state index is 12.3. The molecule has 0 aliphatic rings. The normalized spacial score (nSPS) is 9.81. The fourth-order valence-electron chi connectivity index (χ4n) is 1.68. The summed E-state index contributed by atoms with van der Waals surface area (Å²) < 4.78 is 5.05. The number of nitrogens with zero attached hydrogens (tertiary/aromatic N) is 2. The second-order valence-corrected chi connectivity index (χ2v) is 4.26. The van der Waals surface area contributed by atoms with E-state index >= 15 is 0 Å². The first-order valence-corrected chi connectivity index (χ1v) is 6.02. The lowest BCUT2D eigenvalue weighted by atomic mass is 10.3. The molecule has 0 heterocycles. The molecule has 0 spiro atoms. The average molecular weight is 295 g/mol. The molecular formula is C13H17N3O5. The molecule has 3 N–H and O–H groups in total. The van der Waals surface area contributed by atoms with Crippen LogP contribution >= 0.6 is 0 Å². The zero-order valence-corrected chi connectivity index (χ0v) is 11.8. The molecule has 0 radical (unpaired) electrons. The van der Waals surface area contributed by atoms with Crippen LogP contribution in [-0.4, -0.2) is 55.2 Å². The molecule has 8 nitrogen and oxygen atoms in total. The Bertz CT molecular complexity index is 530. The number of carboxylic acids is 1. The summed E-state index contributed by atoms with van der Waals surface area (Å²) in [5.74, 6) is -1.47. The van der Waals surface area contributed by atoms with Gasteiger partial charge in [0.25, 0.3) is 0 Å². The number of methoxy groups -OCH3 is 1. The van der Waals surface area contributed by atoms with Gasteiger partial charge in [0.1, 0.15) is 18.8 Å². The molecule has 21 heavy (non-hydrogen) atoms. The molecule has 0 aliphatic heterocycles. The van der Waals surface area contributed by atoms with E-state index in [-0.39, 0.29) is 0 Å². The van der Waals surface area contributed by atoms with Gasteiger partial charge in [-0.25, -0.2) is 4.79 Å². The lowest BCUT2D eigenvalue weighted by molar-refractivity contribution is -0.137. The highest BCUT2D eigenvalue weighted by molar-refractivity contribution is 5.95. The van der Waals surface area contributed by atoms with E-state index in [4.69, 9.17) is 15.6 Å². The second-order valence-electron chi connectivity index (χ2n) is 4.26. The molecule has 0 fully saturated rings. The van der Waals surface area contributed by atoms with Gasteiger partial charge < -0.3 is 20.5 Å². The number of hydrogen-bond donors (Lipinski definition) is 2. The summed E-state index contributed by atoms with van der Waals surface area (Å²) in [7, 11) is 2.96. The third-order valence-corrected chi connectivity index (χ3v) is 2.67. The van der Waals surface area contributed by atoms with Gasteiger partial charge in [0.05, 0.1) is 7.11 Å². The minimum absolute atomic E-state index is 0.473. The highest BCUT2D eigenvalue weighted by Crippen LogP contribution is 2.20. The minimum atomic E-state index is -1.23. The Morgan fingerprint density at radius 3 is 2.48 bits per heavy atom. The van der Waals surface area contributed by atoms with Crippen LogP contribution in [0.3, 0.4) is 0 Å². The predicted molar refractivity (Wildman–Crippen MR) is 75.2 cm³/mol. The molecule has 114 valence electrons. The third-order valence-electron chi connectivity index (χ3n) is 2.67. The number of urea groups is 1. The highest BCUT2D eigenvalue weighted by Gasteiger charge is 2.23. The number of rotatable bonds is 6. The number of ether oxygens (including phenoxy) is 1. The maximum Gasteiger partial charge on any atom is 0.325 e. The van der Waals surface area contributed by atoms with Gasteiger partial charge in [-0.1, -0.05) is 6.07 Å². The molecule has 0 aliphatic carbocycles. The summed E-state index contributed by atoms with van der Waals surface area (Å²) in [5, 5.41) is 8.80. The Kier molecular flexibility index (Phi) is 5.53. The van der Waals surface area contributed by atoms with E-state index in [9.17, 15) is 14.4 Å². The quantitative estimate of drug-likeness (QED) is 0.774. The Labute approximate surface area is 121 Å². The van der Waals surface area contributed by atoms with Gasteiger partial charge in [0, 0.05) is 18.8 Å². The fraction of sp³-hybridized carbons (Fsp3) is 0.308. The summed E-state index contributed by atoms with van der Waals surface area (Å²) in [6, 6.07) is 6.02. The molecule has 1 aromatic carbocycles. The van der Waals surface area contributed by atoms with Gasteiger partial charge in [0.2, 0.25) is 5.91 Å². The molecule has 8 heteroatoms. The second kappa shape index (κ2) is 7.13. The van der Waals surface area contributed by atoms with Crippen LogP contribution in [0.5, 0.6) is 5.75 Å². The summed E-state index contributed by atoms with van der Waals surface area (Å²) in [4.78, 5) is 36.0. The SMILES string of the molecule is COc1cccc(N(C)C(=O)N(CC(N)=O)CC(=O)O)c1. The summed E-state index contributed by atoms with van der Waals surface area (Å²) in [5.41, 5.74) is 5.53. The van der Waals surface area contributed by atoms with E-state index in [1.807, 2.05) is 0 Å². The molecule has 0 atom stereocenters. The number of carbonyl (C=O) groups excluding carboxylic acids is 2. The van der Waals surface area contributed by atoms with Crippen molar-refractivity contribution in [3.05, 3.63) is 24.3 Å². The van der Waals surface area contributed by atoms with Crippen LogP contribution in [0.2, 0.25) is 0 Å². The van der Waals surface area contributed by atoms with Crippen molar-refractivity contribution in [2.75, 3.05) is 32.1 Å². The Morgan fingerprint density at radius 2 is 1.95 bits per heavy atom. The zero-order chi connectivity index (χ0) is 16.0. The molecular weight excluding hydrogens is 278 g/mol. The topological polar surface area (TPSA) is 113 Å². The number of carboxylic acid groups (broad SMARTS) is 1. The first kappa shape index (κ1) is 16.3. The molecule has 0 saturated heterocycles. The summed E-state index contributed by atoms with van der Waals surface area (Å²) in [6.45, 7) is -1.09. The fourth-order valence-corrected chi connectivity index (χ4v) is 1.68. The van der Waals surface area contributed by atoms with E-state index < -0.39 is 31.0 Å². The zero-order valence-electron chi connectivity index (χ0n) is 11.8. The van der Waals surface area contributed by atoms with Crippen LogP contribution < -0.4 is 15.4 Å². The van der Waals surface area contributed by atoms with E-state index in [0.29, 0.717) is 11.4 Å².